The monoisotopic (exact) mass is 811 g/mol. The molecule has 0 aliphatic carbocycles. The number of amides is 3. The summed E-state index contributed by atoms with van der Waals surface area (Å²) in [5.41, 5.74) is 4.97. The molecule has 0 spiro atoms. The van der Waals surface area contributed by atoms with Crippen molar-refractivity contribution in [3.05, 3.63) is 45.2 Å². The Morgan fingerprint density at radius 2 is 1.94 bits per heavy atom. The number of anilines is 1. The van der Waals surface area contributed by atoms with E-state index in [1.807, 2.05) is 0 Å². The minimum absolute atomic E-state index is 0. The van der Waals surface area contributed by atoms with Gasteiger partial charge in [0, 0.05) is 42.6 Å². The number of phenols is 2. The number of benzene rings is 1. The maximum Gasteiger partial charge on any atom is 1.00 e. The van der Waals surface area contributed by atoms with E-state index in [1.165, 1.54) is 48.0 Å². The maximum atomic E-state index is 13.8. The van der Waals surface area contributed by atoms with Crippen molar-refractivity contribution in [2.24, 2.45) is 5.16 Å². The summed E-state index contributed by atoms with van der Waals surface area (Å²) in [6.07, 6.45) is 1.31. The molecular formula is C31H35ClN11NaO8S2. The zero-order valence-electron chi connectivity index (χ0n) is 29.8. The number of nitrogens with one attached hydrogen (secondary N) is 1. The van der Waals surface area contributed by atoms with Crippen molar-refractivity contribution in [1.82, 2.24) is 40.7 Å². The Labute approximate surface area is 343 Å². The van der Waals surface area contributed by atoms with Gasteiger partial charge in [-0.15, -0.1) is 23.1 Å². The molecule has 0 unspecified atom stereocenters. The van der Waals surface area contributed by atoms with Crippen LogP contribution in [0.15, 0.2) is 28.2 Å². The van der Waals surface area contributed by atoms with Gasteiger partial charge < -0.3 is 50.5 Å². The van der Waals surface area contributed by atoms with Crippen molar-refractivity contribution < 1.29 is 73.4 Å². The van der Waals surface area contributed by atoms with Gasteiger partial charge in [-0.1, -0.05) is 16.8 Å². The Hall–Kier alpha value is -3.99. The van der Waals surface area contributed by atoms with Gasteiger partial charge in [-0.25, -0.2) is 4.98 Å². The molecule has 19 nitrogen and oxygen atoms in total. The molecule has 2 saturated heterocycles. The molecule has 2 fully saturated rings. The van der Waals surface area contributed by atoms with Crippen LogP contribution in [0.4, 0.5) is 5.13 Å². The van der Waals surface area contributed by atoms with Gasteiger partial charge in [0.2, 0.25) is 0 Å². The van der Waals surface area contributed by atoms with E-state index in [1.54, 1.807) is 4.90 Å². The number of tetrazole rings is 1. The first-order valence-electron chi connectivity index (χ1n) is 16.2. The number of oxime groups is 1. The molecule has 54 heavy (non-hydrogen) atoms. The van der Waals surface area contributed by atoms with Gasteiger partial charge in [0.1, 0.15) is 23.7 Å². The van der Waals surface area contributed by atoms with E-state index in [-0.39, 0.29) is 74.5 Å². The molecule has 2 atom stereocenters. The van der Waals surface area contributed by atoms with Crippen LogP contribution in [0.1, 0.15) is 48.6 Å². The van der Waals surface area contributed by atoms with E-state index in [9.17, 15) is 34.5 Å². The first kappa shape index (κ1) is 41.2. The quantitative estimate of drug-likeness (QED) is 0.0364. The zero-order valence-corrected chi connectivity index (χ0v) is 34.2. The average molecular weight is 812 g/mol. The average Bonchev–Trinajstić information content (AvgIpc) is 3.81. The number of carbonyl (C=O) groups is 4. The van der Waals surface area contributed by atoms with Gasteiger partial charge in [0.15, 0.2) is 27.9 Å². The number of likely N-dealkylation sites (N-methyl/N-ethyl adjacent to an activating group) is 1. The number of aromatic nitrogens is 5. The number of hydrogen-bond donors (Lipinski definition) is 4. The summed E-state index contributed by atoms with van der Waals surface area (Å²) in [6.45, 7) is 3.78. The van der Waals surface area contributed by atoms with Crippen LogP contribution in [-0.4, -0.2) is 137 Å². The number of piperidine rings is 1. The number of carboxylic acid groups (broad SMARTS) is 1. The van der Waals surface area contributed by atoms with Crippen LogP contribution in [0.3, 0.4) is 0 Å². The summed E-state index contributed by atoms with van der Waals surface area (Å²) in [5.74, 6) is -3.52. The summed E-state index contributed by atoms with van der Waals surface area (Å²) in [7, 11) is 4.13. The molecule has 0 saturated carbocycles. The molecule has 6 rings (SSSR count). The Morgan fingerprint density at radius 1 is 1.24 bits per heavy atom. The second-order valence-electron chi connectivity index (χ2n) is 13.7. The van der Waals surface area contributed by atoms with Crippen LogP contribution in [0.5, 0.6) is 11.5 Å². The molecule has 0 radical (unpaired) electrons. The fraction of sp³-hybridized carbons (Fsp3) is 0.452. The molecule has 0 bridgehead atoms. The molecule has 2 aromatic heterocycles. The number of nitrogens with two attached hydrogens (primary N) is 1. The van der Waals surface area contributed by atoms with Crippen LogP contribution < -0.4 is 50.8 Å². The summed E-state index contributed by atoms with van der Waals surface area (Å²) < 4.78 is 0.509. The van der Waals surface area contributed by atoms with E-state index < -0.39 is 46.3 Å². The number of fused-ring (bicyclic) bond motifs is 1. The fourth-order valence-electron chi connectivity index (χ4n) is 6.34. The van der Waals surface area contributed by atoms with Crippen molar-refractivity contribution in [3.8, 4) is 11.5 Å². The van der Waals surface area contributed by atoms with E-state index >= 15 is 0 Å². The van der Waals surface area contributed by atoms with Gasteiger partial charge in [0.25, 0.3) is 17.7 Å². The largest absolute Gasteiger partial charge is 1.00 e. The topological polar surface area (TPSA) is 264 Å². The summed E-state index contributed by atoms with van der Waals surface area (Å²) in [4.78, 5) is 64.4. The molecule has 3 amide bonds. The molecule has 3 aliphatic heterocycles. The molecule has 282 valence electrons. The molecule has 23 heteroatoms. The number of hydrogen-bond acceptors (Lipinski definition) is 16. The number of aromatic hydroxyl groups is 2. The Morgan fingerprint density at radius 3 is 2.56 bits per heavy atom. The van der Waals surface area contributed by atoms with Crippen molar-refractivity contribution >= 4 is 74.9 Å². The second-order valence-corrected chi connectivity index (χ2v) is 16.0. The number of carbonyl (C=O) groups excluding carboxylic acids is 4. The number of nitrogen functional groups attached to an aromatic ring is 1. The third-order valence-corrected chi connectivity index (χ3v) is 11.8. The molecule has 3 aliphatic rings. The van der Waals surface area contributed by atoms with Crippen LogP contribution >= 0.6 is 34.7 Å². The molecular weight excluding hydrogens is 777 g/mol. The van der Waals surface area contributed by atoms with E-state index in [0.29, 0.717) is 48.4 Å². The predicted molar refractivity (Wildman–Crippen MR) is 189 cm³/mol. The molecule has 3 aromatic rings. The molecule has 5 heterocycles. The van der Waals surface area contributed by atoms with Crippen molar-refractivity contribution in [3.63, 3.8) is 0 Å². The van der Waals surface area contributed by atoms with Gasteiger partial charge in [0.05, 0.1) is 48.2 Å². The number of nitrogens with zero attached hydrogens (tertiary/aromatic N) is 9. The SMILES string of the molecule is CC(C)(O/N=C(\C(=O)N[C@@H]1C(=O)N2C(c3nnn[n-]3)=C(C[N+](C)(C)C3CCN(C(=O)c4ccc(O)c(O)c4Cl)CC3)CS[C@H]12)c1csc(N)n1)C(=O)[O-].[Na+]. The van der Waals surface area contributed by atoms with Crippen LogP contribution in [0.25, 0.3) is 5.70 Å². The Kier molecular flexibility index (Phi) is 12.2. The third kappa shape index (κ3) is 8.02. The van der Waals surface area contributed by atoms with Gasteiger partial charge in [-0.05, 0) is 26.0 Å². The second kappa shape index (κ2) is 16.0. The first-order valence-corrected chi connectivity index (χ1v) is 18.5. The number of halogens is 1. The van der Waals surface area contributed by atoms with Crippen molar-refractivity contribution in [2.75, 3.05) is 45.2 Å². The number of quaternary nitrogens is 1. The van der Waals surface area contributed by atoms with E-state index in [4.69, 9.17) is 22.2 Å². The van der Waals surface area contributed by atoms with Crippen molar-refractivity contribution in [1.29, 1.82) is 0 Å². The van der Waals surface area contributed by atoms with Crippen LogP contribution in [-0.2, 0) is 19.2 Å². The van der Waals surface area contributed by atoms with Crippen LogP contribution in [0, 0.1) is 0 Å². The minimum atomic E-state index is -1.87. The van der Waals surface area contributed by atoms with Crippen molar-refractivity contribution in [2.45, 2.75) is 49.7 Å². The smallest absolute Gasteiger partial charge is 0.546 e. The zero-order chi connectivity index (χ0) is 38.4. The number of aliphatic carboxylic acids is 1. The maximum absolute atomic E-state index is 13.8. The number of thioether (sulfide) groups is 1. The van der Waals surface area contributed by atoms with Crippen LogP contribution in [0.2, 0.25) is 5.02 Å². The number of carboxylic acids is 1. The van der Waals surface area contributed by atoms with Gasteiger partial charge in [-0.2, -0.15) is 5.21 Å². The number of rotatable bonds is 11. The predicted octanol–water partition coefficient (Wildman–Crippen LogP) is -3.62. The normalized spacial score (nSPS) is 19.5. The molecule has 5 N–H and O–H groups in total. The number of β-lactam (4-membered cyclic amide) rings is 1. The van der Waals surface area contributed by atoms with E-state index in [0.717, 1.165) is 16.9 Å². The fourth-order valence-corrected chi connectivity index (χ4v) is 8.47. The first-order chi connectivity index (χ1) is 25.0. The van der Waals surface area contributed by atoms with E-state index in [2.05, 4.69) is 50.2 Å². The minimum Gasteiger partial charge on any atom is -0.546 e. The number of phenolic OH excluding ortho intramolecular Hbond substituents is 2. The van der Waals surface area contributed by atoms with Gasteiger partial charge >= 0.3 is 29.6 Å². The molecule has 1 aromatic carbocycles. The summed E-state index contributed by atoms with van der Waals surface area (Å²) >= 11 is 8.62. The summed E-state index contributed by atoms with van der Waals surface area (Å²) in [6, 6.07) is 1.74. The Balaban J connectivity index is 0.00000561. The standard InChI is InChI=1S/C31H36ClN11O8S2.Na/c1-31(2,29(49)50)51-38-20(17-13-53-30(33)34-17)25(46)35-21-27(48)42-22(24-36-39-40-37-24)14(12-52-28(21)42)11-43(3,4)15-7-9-41(10-8-15)26(47)16-5-6-18(44)23(45)19(16)32;/h5-6,13,15,21,28H,7-12H2,1-4H3,(H6-,33,34,35,36,37,38,39,40,44,45,46,47,49,50);/q;+1/p-1/t21-,28-;/m1./s1. The summed E-state index contributed by atoms with van der Waals surface area (Å²) in [5, 5.41) is 53.9. The number of likely N-dealkylation sites (tertiary alicyclic amines) is 1. The van der Waals surface area contributed by atoms with Gasteiger partial charge in [-0.3, -0.25) is 29.6 Å². The Bertz CT molecular complexity index is 2020. The third-order valence-electron chi connectivity index (χ3n) is 9.36. The number of thiazole rings is 1.